The van der Waals surface area contributed by atoms with Crippen molar-refractivity contribution in [2.24, 2.45) is 0 Å². The summed E-state index contributed by atoms with van der Waals surface area (Å²) in [5.74, 6) is 0.0404. The Labute approximate surface area is 87.9 Å². The summed E-state index contributed by atoms with van der Waals surface area (Å²) in [5.41, 5.74) is 2.94. The zero-order chi connectivity index (χ0) is 10.4. The predicted octanol–water partition coefficient (Wildman–Crippen LogP) is 2.97. The molecule has 1 aliphatic rings. The molecule has 2 aromatic carbocycles. The first kappa shape index (κ1) is 8.48. The maximum atomic E-state index is 11.8. The number of aryl methyl sites for hydroxylation is 1. The second kappa shape index (κ2) is 2.83. The van der Waals surface area contributed by atoms with Gasteiger partial charge in [0.2, 0.25) is 0 Å². The van der Waals surface area contributed by atoms with Crippen molar-refractivity contribution >= 4 is 22.4 Å². The molecule has 2 nitrogen and oxygen atoms in total. The molecular formula is C13H11NO. The van der Waals surface area contributed by atoms with Crippen molar-refractivity contribution in [2.75, 3.05) is 5.32 Å². The number of hydrogen-bond acceptors (Lipinski definition) is 1. The van der Waals surface area contributed by atoms with Crippen LogP contribution in [0.4, 0.5) is 5.69 Å². The lowest BCUT2D eigenvalue weighted by atomic mass is 9.98. The van der Waals surface area contributed by atoms with E-state index >= 15 is 0 Å². The summed E-state index contributed by atoms with van der Waals surface area (Å²) in [6.45, 7) is 2.08. The third-order valence-corrected chi connectivity index (χ3v) is 2.99. The highest BCUT2D eigenvalue weighted by molar-refractivity contribution is 6.24. The van der Waals surface area contributed by atoms with E-state index in [-0.39, 0.29) is 5.91 Å². The van der Waals surface area contributed by atoms with Gasteiger partial charge in [-0.05, 0) is 23.4 Å². The van der Waals surface area contributed by atoms with E-state index < -0.39 is 0 Å². The minimum Gasteiger partial charge on any atom is -0.321 e. The molecule has 0 saturated heterocycles. The molecule has 2 heteroatoms. The molecule has 0 aliphatic carbocycles. The predicted molar refractivity (Wildman–Crippen MR) is 61.3 cm³/mol. The fourth-order valence-corrected chi connectivity index (χ4v) is 2.27. The second-order valence-corrected chi connectivity index (χ2v) is 3.81. The van der Waals surface area contributed by atoms with Gasteiger partial charge in [0.15, 0.2) is 0 Å². The first-order valence-corrected chi connectivity index (χ1v) is 5.17. The van der Waals surface area contributed by atoms with Crippen LogP contribution in [0.15, 0.2) is 30.3 Å². The summed E-state index contributed by atoms with van der Waals surface area (Å²) in [7, 11) is 0. The van der Waals surface area contributed by atoms with Crippen molar-refractivity contribution in [3.63, 3.8) is 0 Å². The van der Waals surface area contributed by atoms with Crippen LogP contribution in [0.3, 0.4) is 0 Å². The van der Waals surface area contributed by atoms with Crippen LogP contribution in [-0.2, 0) is 6.42 Å². The first-order chi connectivity index (χ1) is 7.31. The molecule has 1 heterocycles. The first-order valence-electron chi connectivity index (χ1n) is 5.17. The van der Waals surface area contributed by atoms with Gasteiger partial charge >= 0.3 is 0 Å². The fraction of sp³-hybridized carbons (Fsp3) is 0.154. The van der Waals surface area contributed by atoms with Gasteiger partial charge in [-0.1, -0.05) is 31.2 Å². The summed E-state index contributed by atoms with van der Waals surface area (Å²) in [6.07, 6.45) is 0.896. The average molecular weight is 197 g/mol. The third kappa shape index (κ3) is 1.02. The Balaban J connectivity index is 2.50. The van der Waals surface area contributed by atoms with E-state index in [9.17, 15) is 4.79 Å². The molecule has 0 aromatic heterocycles. The van der Waals surface area contributed by atoms with Gasteiger partial charge in [0, 0.05) is 11.1 Å². The van der Waals surface area contributed by atoms with Crippen LogP contribution in [0, 0.1) is 0 Å². The zero-order valence-corrected chi connectivity index (χ0v) is 8.50. The highest BCUT2D eigenvalue weighted by Gasteiger charge is 2.23. The Bertz CT molecular complexity index is 572. The minimum absolute atomic E-state index is 0.0404. The Morgan fingerprint density at radius 1 is 1.20 bits per heavy atom. The number of hydrogen-bond donors (Lipinski definition) is 1. The second-order valence-electron chi connectivity index (χ2n) is 3.81. The largest absolute Gasteiger partial charge is 0.321 e. The smallest absolute Gasteiger partial charge is 0.256 e. The van der Waals surface area contributed by atoms with E-state index in [1.165, 1.54) is 0 Å². The molecule has 74 valence electrons. The number of anilines is 1. The molecule has 1 aliphatic heterocycles. The summed E-state index contributed by atoms with van der Waals surface area (Å²) in [5, 5.41) is 5.13. The molecule has 0 saturated carbocycles. The van der Waals surface area contributed by atoms with Gasteiger partial charge in [0.1, 0.15) is 0 Å². The van der Waals surface area contributed by atoms with Crippen LogP contribution in [0.25, 0.3) is 10.8 Å². The molecule has 1 N–H and O–H groups in total. The van der Waals surface area contributed by atoms with Crippen molar-refractivity contribution in [2.45, 2.75) is 13.3 Å². The number of nitrogens with one attached hydrogen (secondary N) is 1. The standard InChI is InChI=1S/C13H11NO/c1-2-8-6-7-9-4-3-5-10-11(9)12(8)13(15)14-10/h3-7H,2H2,1H3,(H,14,15). The molecule has 0 atom stereocenters. The van der Waals surface area contributed by atoms with Gasteiger partial charge in [-0.25, -0.2) is 0 Å². The summed E-state index contributed by atoms with van der Waals surface area (Å²) >= 11 is 0. The van der Waals surface area contributed by atoms with Crippen molar-refractivity contribution in [3.8, 4) is 0 Å². The highest BCUT2D eigenvalue weighted by atomic mass is 16.1. The number of rotatable bonds is 1. The van der Waals surface area contributed by atoms with Gasteiger partial charge in [0.25, 0.3) is 5.91 Å². The Morgan fingerprint density at radius 3 is 2.87 bits per heavy atom. The molecule has 15 heavy (non-hydrogen) atoms. The lowest BCUT2D eigenvalue weighted by Crippen LogP contribution is -2.06. The molecule has 0 bridgehead atoms. The lowest BCUT2D eigenvalue weighted by molar-refractivity contribution is 0.103. The van der Waals surface area contributed by atoms with Gasteiger partial charge in [-0.15, -0.1) is 0 Å². The molecule has 0 unspecified atom stereocenters. The van der Waals surface area contributed by atoms with Gasteiger partial charge in [-0.3, -0.25) is 4.79 Å². The number of benzene rings is 2. The van der Waals surface area contributed by atoms with E-state index in [1.54, 1.807) is 0 Å². The van der Waals surface area contributed by atoms with Crippen LogP contribution < -0.4 is 5.32 Å². The Morgan fingerprint density at radius 2 is 2.07 bits per heavy atom. The van der Waals surface area contributed by atoms with E-state index in [2.05, 4.69) is 18.3 Å². The molecule has 0 spiro atoms. The van der Waals surface area contributed by atoms with Crippen molar-refractivity contribution in [1.29, 1.82) is 0 Å². The van der Waals surface area contributed by atoms with Crippen LogP contribution in [0.2, 0.25) is 0 Å². The fourth-order valence-electron chi connectivity index (χ4n) is 2.27. The molecule has 1 amide bonds. The maximum absolute atomic E-state index is 11.8. The van der Waals surface area contributed by atoms with E-state index in [1.807, 2.05) is 24.3 Å². The molecule has 0 fully saturated rings. The molecule has 2 aromatic rings. The topological polar surface area (TPSA) is 29.1 Å². The maximum Gasteiger partial charge on any atom is 0.256 e. The molecular weight excluding hydrogens is 186 g/mol. The van der Waals surface area contributed by atoms with E-state index in [0.717, 1.165) is 34.0 Å². The quantitative estimate of drug-likeness (QED) is 0.748. The SMILES string of the molecule is CCc1ccc2cccc3c2c1C(=O)N3. The highest BCUT2D eigenvalue weighted by Crippen LogP contribution is 2.34. The van der Waals surface area contributed by atoms with E-state index in [4.69, 9.17) is 0 Å². The summed E-state index contributed by atoms with van der Waals surface area (Å²) < 4.78 is 0. The number of carbonyl (C=O) groups excluding carboxylic acids is 1. The molecule has 0 radical (unpaired) electrons. The Hall–Kier alpha value is -1.83. The van der Waals surface area contributed by atoms with Gasteiger partial charge < -0.3 is 5.32 Å². The Kier molecular flexibility index (Phi) is 1.60. The zero-order valence-electron chi connectivity index (χ0n) is 8.50. The van der Waals surface area contributed by atoms with Gasteiger partial charge in [-0.2, -0.15) is 0 Å². The van der Waals surface area contributed by atoms with Crippen LogP contribution >= 0.6 is 0 Å². The van der Waals surface area contributed by atoms with Crippen LogP contribution in [0.5, 0.6) is 0 Å². The summed E-state index contributed by atoms with van der Waals surface area (Å²) in [4.78, 5) is 11.8. The summed E-state index contributed by atoms with van der Waals surface area (Å²) in [6, 6.07) is 10.1. The lowest BCUT2D eigenvalue weighted by Gasteiger charge is -2.03. The third-order valence-electron chi connectivity index (χ3n) is 2.99. The number of amides is 1. The average Bonchev–Trinajstić information content (AvgIpc) is 2.59. The normalized spacial score (nSPS) is 13.3. The minimum atomic E-state index is 0.0404. The van der Waals surface area contributed by atoms with Crippen molar-refractivity contribution in [1.82, 2.24) is 0 Å². The van der Waals surface area contributed by atoms with Crippen LogP contribution in [0.1, 0.15) is 22.8 Å². The van der Waals surface area contributed by atoms with Gasteiger partial charge in [0.05, 0.1) is 5.56 Å². The van der Waals surface area contributed by atoms with Crippen molar-refractivity contribution in [3.05, 3.63) is 41.5 Å². The monoisotopic (exact) mass is 197 g/mol. The van der Waals surface area contributed by atoms with E-state index in [0.29, 0.717) is 0 Å². The number of carbonyl (C=O) groups is 1. The molecule has 3 rings (SSSR count). The van der Waals surface area contributed by atoms with Crippen molar-refractivity contribution < 1.29 is 4.79 Å². The van der Waals surface area contributed by atoms with Crippen LogP contribution in [-0.4, -0.2) is 5.91 Å².